The average molecular weight is 305 g/mol. The maximum absolute atomic E-state index is 10.1. The summed E-state index contributed by atoms with van der Waals surface area (Å²) in [4.78, 5) is 2.21. The minimum Gasteiger partial charge on any atom is -0.508 e. The molecule has 2 aliphatic heterocycles. The first-order valence-corrected chi connectivity index (χ1v) is 7.81. The van der Waals surface area contributed by atoms with Crippen molar-refractivity contribution < 1.29 is 19.2 Å². The van der Waals surface area contributed by atoms with E-state index in [0.717, 1.165) is 24.2 Å². The fraction of sp³-hybridized carbons (Fsp3) is 0.625. The van der Waals surface area contributed by atoms with Crippen molar-refractivity contribution in [2.45, 2.75) is 38.9 Å². The summed E-state index contributed by atoms with van der Waals surface area (Å²) in [5.74, 6) is 0.230. The summed E-state index contributed by atoms with van der Waals surface area (Å²) in [6.45, 7) is 11.2. The van der Waals surface area contributed by atoms with Crippen LogP contribution in [0.4, 0.5) is 5.69 Å². The van der Waals surface area contributed by atoms with Gasteiger partial charge in [-0.3, -0.25) is 0 Å². The van der Waals surface area contributed by atoms with Crippen LogP contribution < -0.4 is 10.4 Å². The zero-order valence-corrected chi connectivity index (χ0v) is 13.8. The second-order valence-corrected chi connectivity index (χ2v) is 6.97. The molecule has 0 aliphatic carbocycles. The number of anilines is 1. The minimum atomic E-state index is -0.461. The highest BCUT2D eigenvalue weighted by molar-refractivity contribution is 6.62. The van der Waals surface area contributed by atoms with Gasteiger partial charge in [0.2, 0.25) is 0 Å². The van der Waals surface area contributed by atoms with Crippen LogP contribution in [-0.4, -0.2) is 49.7 Å². The van der Waals surface area contributed by atoms with Crippen molar-refractivity contribution >= 4 is 18.3 Å². The normalized spacial score (nSPS) is 23.8. The lowest BCUT2D eigenvalue weighted by Crippen LogP contribution is -2.41. The van der Waals surface area contributed by atoms with E-state index < -0.39 is 7.12 Å². The summed E-state index contributed by atoms with van der Waals surface area (Å²) in [5, 5.41) is 10.1. The molecule has 0 aromatic heterocycles. The summed E-state index contributed by atoms with van der Waals surface area (Å²) >= 11 is 0. The summed E-state index contributed by atoms with van der Waals surface area (Å²) in [6.07, 6.45) is 0. The minimum absolute atomic E-state index is 0.230. The third kappa shape index (κ3) is 2.83. The van der Waals surface area contributed by atoms with Gasteiger partial charge in [-0.25, -0.2) is 0 Å². The Morgan fingerprint density at radius 3 is 2.18 bits per heavy atom. The SMILES string of the molecule is CC1(C)OB(c2cc(O)cc(N3CCOCC3)c2)OC1(C)C. The molecule has 6 heteroatoms. The van der Waals surface area contributed by atoms with E-state index in [4.69, 9.17) is 14.0 Å². The molecule has 0 unspecified atom stereocenters. The van der Waals surface area contributed by atoms with Gasteiger partial charge in [0.25, 0.3) is 0 Å². The molecule has 2 aliphatic rings. The number of aromatic hydroxyl groups is 1. The number of ether oxygens (including phenoxy) is 1. The summed E-state index contributed by atoms with van der Waals surface area (Å²) < 4.78 is 17.5. The number of rotatable bonds is 2. The molecule has 22 heavy (non-hydrogen) atoms. The number of morpholine rings is 1. The Kier molecular flexibility index (Phi) is 3.87. The highest BCUT2D eigenvalue weighted by Gasteiger charge is 2.51. The van der Waals surface area contributed by atoms with E-state index in [1.807, 2.05) is 33.8 Å². The number of hydrogen-bond acceptors (Lipinski definition) is 5. The largest absolute Gasteiger partial charge is 0.508 e. The molecule has 0 atom stereocenters. The Hall–Kier alpha value is -1.24. The number of phenolic OH excluding ortho intramolecular Hbond substituents is 1. The van der Waals surface area contributed by atoms with E-state index in [-0.39, 0.29) is 17.0 Å². The van der Waals surface area contributed by atoms with Gasteiger partial charge in [0, 0.05) is 24.8 Å². The molecule has 0 bridgehead atoms. The third-order valence-electron chi connectivity index (χ3n) is 4.83. The second kappa shape index (κ2) is 5.44. The van der Waals surface area contributed by atoms with Crippen LogP contribution in [0.15, 0.2) is 18.2 Å². The van der Waals surface area contributed by atoms with Crippen molar-refractivity contribution in [2.75, 3.05) is 31.2 Å². The van der Waals surface area contributed by atoms with E-state index in [9.17, 15) is 5.11 Å². The first-order valence-electron chi connectivity index (χ1n) is 7.81. The molecule has 0 spiro atoms. The van der Waals surface area contributed by atoms with Gasteiger partial charge in [0.1, 0.15) is 5.75 Å². The van der Waals surface area contributed by atoms with Crippen LogP contribution in [0.1, 0.15) is 27.7 Å². The van der Waals surface area contributed by atoms with Gasteiger partial charge in [-0.1, -0.05) is 0 Å². The Bertz CT molecular complexity index is 539. The molecule has 0 radical (unpaired) electrons. The number of phenols is 1. The molecular weight excluding hydrogens is 281 g/mol. The molecule has 2 heterocycles. The van der Waals surface area contributed by atoms with Crippen molar-refractivity contribution in [2.24, 2.45) is 0 Å². The molecule has 0 amide bonds. The van der Waals surface area contributed by atoms with Gasteiger partial charge in [-0.05, 0) is 45.3 Å². The van der Waals surface area contributed by atoms with E-state index in [1.165, 1.54) is 0 Å². The molecule has 2 saturated heterocycles. The lowest BCUT2D eigenvalue weighted by atomic mass is 9.78. The molecule has 0 saturated carbocycles. The topological polar surface area (TPSA) is 51.2 Å². The number of benzene rings is 1. The molecular formula is C16H24BNO4. The molecule has 120 valence electrons. The van der Waals surface area contributed by atoms with Gasteiger partial charge in [-0.15, -0.1) is 0 Å². The Balaban J connectivity index is 1.87. The molecule has 5 nitrogen and oxygen atoms in total. The quantitative estimate of drug-likeness (QED) is 0.840. The van der Waals surface area contributed by atoms with Gasteiger partial charge >= 0.3 is 7.12 Å². The van der Waals surface area contributed by atoms with Crippen LogP contribution in [0.2, 0.25) is 0 Å². The van der Waals surface area contributed by atoms with Crippen LogP contribution in [-0.2, 0) is 14.0 Å². The third-order valence-corrected chi connectivity index (χ3v) is 4.83. The summed E-state index contributed by atoms with van der Waals surface area (Å²) in [7, 11) is -0.461. The standard InChI is InChI=1S/C16H24BNO4/c1-15(2)16(3,4)22-17(21-15)12-9-13(11-14(19)10-12)18-5-7-20-8-6-18/h9-11,19H,5-8H2,1-4H3. The van der Waals surface area contributed by atoms with E-state index in [1.54, 1.807) is 12.1 Å². The fourth-order valence-electron chi connectivity index (χ4n) is 2.74. The van der Waals surface area contributed by atoms with Gasteiger partial charge in [0.15, 0.2) is 0 Å². The zero-order chi connectivity index (χ0) is 16.0. The van der Waals surface area contributed by atoms with Crippen molar-refractivity contribution in [3.63, 3.8) is 0 Å². The van der Waals surface area contributed by atoms with Crippen molar-refractivity contribution in [3.8, 4) is 5.75 Å². The predicted octanol–water partition coefficient (Wildman–Crippen LogP) is 1.53. The molecule has 1 aromatic carbocycles. The first kappa shape index (κ1) is 15.7. The Morgan fingerprint density at radius 1 is 1.00 bits per heavy atom. The highest BCUT2D eigenvalue weighted by atomic mass is 16.7. The van der Waals surface area contributed by atoms with Crippen LogP contribution in [0, 0.1) is 0 Å². The Labute approximate surface area is 132 Å². The molecule has 2 fully saturated rings. The van der Waals surface area contributed by atoms with E-state index in [0.29, 0.717) is 13.2 Å². The fourth-order valence-corrected chi connectivity index (χ4v) is 2.74. The van der Waals surface area contributed by atoms with Crippen molar-refractivity contribution in [1.29, 1.82) is 0 Å². The first-order chi connectivity index (χ1) is 10.3. The van der Waals surface area contributed by atoms with Crippen LogP contribution in [0.3, 0.4) is 0 Å². The lowest BCUT2D eigenvalue weighted by molar-refractivity contribution is 0.00578. The van der Waals surface area contributed by atoms with Gasteiger partial charge < -0.3 is 24.1 Å². The predicted molar refractivity (Wildman–Crippen MR) is 86.9 cm³/mol. The molecule has 1 N–H and O–H groups in total. The maximum Gasteiger partial charge on any atom is 0.495 e. The zero-order valence-electron chi connectivity index (χ0n) is 13.8. The lowest BCUT2D eigenvalue weighted by Gasteiger charge is -2.32. The monoisotopic (exact) mass is 305 g/mol. The van der Waals surface area contributed by atoms with Crippen molar-refractivity contribution in [1.82, 2.24) is 0 Å². The average Bonchev–Trinajstić information content (AvgIpc) is 2.68. The highest BCUT2D eigenvalue weighted by Crippen LogP contribution is 2.37. The molecule has 1 aromatic rings. The van der Waals surface area contributed by atoms with Crippen LogP contribution in [0.5, 0.6) is 5.75 Å². The van der Waals surface area contributed by atoms with Gasteiger partial charge in [-0.2, -0.15) is 0 Å². The maximum atomic E-state index is 10.1. The van der Waals surface area contributed by atoms with E-state index in [2.05, 4.69) is 4.90 Å². The summed E-state index contributed by atoms with van der Waals surface area (Å²) in [6, 6.07) is 5.53. The van der Waals surface area contributed by atoms with E-state index >= 15 is 0 Å². The Morgan fingerprint density at radius 2 is 1.59 bits per heavy atom. The number of hydrogen-bond donors (Lipinski definition) is 1. The van der Waals surface area contributed by atoms with Gasteiger partial charge in [0.05, 0.1) is 24.4 Å². The smallest absolute Gasteiger partial charge is 0.495 e. The van der Waals surface area contributed by atoms with Crippen LogP contribution >= 0.6 is 0 Å². The summed E-state index contributed by atoms with van der Waals surface area (Å²) in [5.41, 5.74) is 1.05. The van der Waals surface area contributed by atoms with Crippen LogP contribution in [0.25, 0.3) is 0 Å². The second-order valence-electron chi connectivity index (χ2n) is 6.97. The molecule has 3 rings (SSSR count). The number of nitrogens with zero attached hydrogens (tertiary/aromatic N) is 1. The van der Waals surface area contributed by atoms with Crippen molar-refractivity contribution in [3.05, 3.63) is 18.2 Å².